The number of carbonyl (C=O) groups is 1. The number of benzene rings is 3. The van der Waals surface area contributed by atoms with Gasteiger partial charge in [-0.15, -0.1) is 5.10 Å². The molecule has 0 radical (unpaired) electrons. The van der Waals surface area contributed by atoms with Gasteiger partial charge in [0.05, 0.1) is 11.5 Å². The van der Waals surface area contributed by atoms with Gasteiger partial charge in [0.25, 0.3) is 0 Å². The molecule has 0 saturated carbocycles. The minimum Gasteiger partial charge on any atom is -0.303 e. The number of amides is 1. The molecule has 1 atom stereocenters. The molecule has 130 valence electrons. The Morgan fingerprint density at radius 3 is 2.38 bits per heavy atom. The van der Waals surface area contributed by atoms with Gasteiger partial charge in [-0.3, -0.25) is 4.79 Å². The topological polar surface area (TPSA) is 53.8 Å². The Hall–Kier alpha value is -2.66. The third-order valence-electron chi connectivity index (χ3n) is 4.48. The second-order valence-corrected chi connectivity index (χ2v) is 7.46. The zero-order valence-electron chi connectivity index (χ0n) is 14.5. The number of nitrogens with one attached hydrogen (secondary N) is 1. The van der Waals surface area contributed by atoms with E-state index in [0.717, 1.165) is 29.2 Å². The van der Waals surface area contributed by atoms with Gasteiger partial charge in [0.1, 0.15) is 0 Å². The summed E-state index contributed by atoms with van der Waals surface area (Å²) in [7, 11) is 0. The maximum atomic E-state index is 11.9. The molecule has 3 aromatic carbocycles. The molecule has 0 unspecified atom stereocenters. The summed E-state index contributed by atoms with van der Waals surface area (Å²) in [6.45, 7) is 2.08. The van der Waals surface area contributed by atoms with Gasteiger partial charge in [0.15, 0.2) is 5.17 Å². The van der Waals surface area contributed by atoms with E-state index in [0.29, 0.717) is 5.17 Å². The van der Waals surface area contributed by atoms with Crippen LogP contribution in [0, 0.1) is 0 Å². The number of nitrogens with zero attached hydrogens (tertiary/aromatic N) is 2. The van der Waals surface area contributed by atoms with Gasteiger partial charge >= 0.3 is 0 Å². The van der Waals surface area contributed by atoms with Crippen LogP contribution in [0.3, 0.4) is 0 Å². The number of rotatable bonds is 4. The van der Waals surface area contributed by atoms with E-state index < -0.39 is 0 Å². The molecular formula is C21H19N3OS. The Labute approximate surface area is 156 Å². The minimum absolute atomic E-state index is 0.0291. The van der Waals surface area contributed by atoms with E-state index in [-0.39, 0.29) is 11.2 Å². The highest BCUT2D eigenvalue weighted by molar-refractivity contribution is 8.15. The zero-order chi connectivity index (χ0) is 17.9. The van der Waals surface area contributed by atoms with Crippen LogP contribution in [0.2, 0.25) is 0 Å². The number of hydrogen-bond acceptors (Lipinski definition) is 4. The maximum Gasteiger partial charge on any atom is 0.239 e. The molecule has 0 bridgehead atoms. The number of fused-ring (bicyclic) bond motifs is 2. The highest BCUT2D eigenvalue weighted by Crippen LogP contribution is 2.27. The van der Waals surface area contributed by atoms with Gasteiger partial charge in [-0.05, 0) is 34.0 Å². The first-order valence-corrected chi connectivity index (χ1v) is 9.63. The molecule has 0 spiro atoms. The summed E-state index contributed by atoms with van der Waals surface area (Å²) in [6.07, 6.45) is 3.62. The predicted molar refractivity (Wildman–Crippen MR) is 111 cm³/mol. The van der Waals surface area contributed by atoms with E-state index >= 15 is 0 Å². The summed E-state index contributed by atoms with van der Waals surface area (Å²) < 4.78 is 0. The molecule has 4 rings (SSSR count). The molecular weight excluding hydrogens is 342 g/mol. The van der Waals surface area contributed by atoms with E-state index in [4.69, 9.17) is 0 Å². The van der Waals surface area contributed by atoms with Gasteiger partial charge in [-0.2, -0.15) is 5.10 Å². The molecule has 0 aromatic heterocycles. The van der Waals surface area contributed by atoms with Crippen LogP contribution < -0.4 is 5.32 Å². The maximum absolute atomic E-state index is 11.9. The van der Waals surface area contributed by atoms with Crippen LogP contribution in [-0.2, 0) is 4.79 Å². The fourth-order valence-corrected chi connectivity index (χ4v) is 4.27. The molecule has 3 aromatic rings. The fourth-order valence-electron chi connectivity index (χ4n) is 3.23. The second kappa shape index (κ2) is 7.30. The molecule has 1 amide bonds. The summed E-state index contributed by atoms with van der Waals surface area (Å²) in [6, 6.07) is 18.7. The number of carbonyl (C=O) groups excluding carboxylic acids is 1. The first-order chi connectivity index (χ1) is 12.8. The Balaban J connectivity index is 1.71. The average molecular weight is 361 g/mol. The Kier molecular flexibility index (Phi) is 4.71. The SMILES string of the molecule is CCC[C@@H]1S/C(=N/N=C\c2c3ccccc3cc3ccccc23)NC1=O. The first kappa shape index (κ1) is 16.8. The number of thioether (sulfide) groups is 1. The van der Waals surface area contributed by atoms with Gasteiger partial charge in [0.2, 0.25) is 5.91 Å². The van der Waals surface area contributed by atoms with E-state index in [2.05, 4.69) is 52.8 Å². The van der Waals surface area contributed by atoms with Crippen molar-refractivity contribution in [1.82, 2.24) is 5.32 Å². The van der Waals surface area contributed by atoms with Crippen LogP contribution in [0.5, 0.6) is 0 Å². The molecule has 1 aliphatic rings. The summed E-state index contributed by atoms with van der Waals surface area (Å²) in [5.41, 5.74) is 1.04. The molecule has 1 aliphatic heterocycles. The summed E-state index contributed by atoms with van der Waals surface area (Å²) in [5.74, 6) is 0.0291. The molecule has 0 aliphatic carbocycles. The lowest BCUT2D eigenvalue weighted by Gasteiger charge is -2.07. The van der Waals surface area contributed by atoms with Gasteiger partial charge < -0.3 is 5.32 Å². The quantitative estimate of drug-likeness (QED) is 0.415. The fraction of sp³-hybridized carbons (Fsp3) is 0.190. The summed E-state index contributed by atoms with van der Waals surface area (Å²) in [4.78, 5) is 11.9. The zero-order valence-corrected chi connectivity index (χ0v) is 15.3. The smallest absolute Gasteiger partial charge is 0.239 e. The molecule has 5 heteroatoms. The van der Waals surface area contributed by atoms with Crippen molar-refractivity contribution >= 4 is 50.6 Å². The standard InChI is InChI=1S/C21H19N3OS/c1-2-7-19-20(25)23-21(26-19)24-22-13-18-16-10-5-3-8-14(16)12-15-9-4-6-11-17(15)18/h3-6,8-13,19H,2,7H2,1H3,(H,23,24,25)/b22-13-/t19-/m0/s1. The van der Waals surface area contributed by atoms with Crippen LogP contribution in [-0.4, -0.2) is 22.5 Å². The Morgan fingerprint density at radius 2 is 1.73 bits per heavy atom. The van der Waals surface area contributed by atoms with Crippen LogP contribution in [0.15, 0.2) is 64.8 Å². The summed E-state index contributed by atoms with van der Waals surface area (Å²) in [5, 5.41) is 16.5. The van der Waals surface area contributed by atoms with Gasteiger partial charge in [-0.25, -0.2) is 0 Å². The Bertz CT molecular complexity index is 988. The highest BCUT2D eigenvalue weighted by atomic mass is 32.2. The van der Waals surface area contributed by atoms with E-state index in [1.54, 1.807) is 6.21 Å². The monoisotopic (exact) mass is 361 g/mol. The number of amidine groups is 1. The van der Waals surface area contributed by atoms with Crippen molar-refractivity contribution in [2.24, 2.45) is 10.2 Å². The van der Waals surface area contributed by atoms with Crippen molar-refractivity contribution in [2.45, 2.75) is 25.0 Å². The first-order valence-electron chi connectivity index (χ1n) is 8.75. The van der Waals surface area contributed by atoms with E-state index in [1.165, 1.54) is 22.5 Å². The lowest BCUT2D eigenvalue weighted by Crippen LogP contribution is -2.24. The third-order valence-corrected chi connectivity index (χ3v) is 5.62. The van der Waals surface area contributed by atoms with Crippen molar-refractivity contribution in [3.8, 4) is 0 Å². The van der Waals surface area contributed by atoms with Crippen LogP contribution in [0.1, 0.15) is 25.3 Å². The molecule has 1 N–H and O–H groups in total. The van der Waals surface area contributed by atoms with Crippen molar-refractivity contribution in [3.63, 3.8) is 0 Å². The van der Waals surface area contributed by atoms with Crippen molar-refractivity contribution < 1.29 is 4.79 Å². The van der Waals surface area contributed by atoms with Crippen LogP contribution >= 0.6 is 11.8 Å². The van der Waals surface area contributed by atoms with E-state index in [1.807, 2.05) is 24.3 Å². The van der Waals surface area contributed by atoms with Crippen molar-refractivity contribution in [2.75, 3.05) is 0 Å². The normalized spacial score (nSPS) is 19.0. The minimum atomic E-state index is -0.0488. The van der Waals surface area contributed by atoms with Crippen molar-refractivity contribution in [3.05, 3.63) is 60.2 Å². The lowest BCUT2D eigenvalue weighted by atomic mass is 9.97. The van der Waals surface area contributed by atoms with Crippen LogP contribution in [0.4, 0.5) is 0 Å². The summed E-state index contributed by atoms with van der Waals surface area (Å²) >= 11 is 1.46. The molecule has 1 fully saturated rings. The largest absolute Gasteiger partial charge is 0.303 e. The second-order valence-electron chi connectivity index (χ2n) is 6.27. The van der Waals surface area contributed by atoms with Gasteiger partial charge in [-0.1, -0.05) is 73.6 Å². The predicted octanol–water partition coefficient (Wildman–Crippen LogP) is 4.71. The molecule has 26 heavy (non-hydrogen) atoms. The average Bonchev–Trinajstić information content (AvgIpc) is 3.01. The van der Waals surface area contributed by atoms with Gasteiger partial charge in [0, 0.05) is 5.56 Å². The van der Waals surface area contributed by atoms with E-state index in [9.17, 15) is 4.79 Å². The molecule has 1 heterocycles. The number of hydrogen-bond donors (Lipinski definition) is 1. The lowest BCUT2D eigenvalue weighted by molar-refractivity contribution is -0.118. The highest BCUT2D eigenvalue weighted by Gasteiger charge is 2.29. The Morgan fingerprint density at radius 1 is 1.08 bits per heavy atom. The molecule has 4 nitrogen and oxygen atoms in total. The molecule has 1 saturated heterocycles. The van der Waals surface area contributed by atoms with Crippen molar-refractivity contribution in [1.29, 1.82) is 0 Å². The third kappa shape index (κ3) is 3.22. The van der Waals surface area contributed by atoms with Crippen LogP contribution in [0.25, 0.3) is 21.5 Å².